The number of ether oxygens (including phenoxy) is 2. The van der Waals surface area contributed by atoms with Crippen LogP contribution in [0, 0.1) is 6.92 Å². The maximum absolute atomic E-state index is 6.09. The minimum atomic E-state index is 0.382. The number of benzene rings is 2. The van der Waals surface area contributed by atoms with Crippen LogP contribution in [-0.4, -0.2) is 14.2 Å². The number of halogens is 1. The van der Waals surface area contributed by atoms with Crippen molar-refractivity contribution >= 4 is 11.6 Å². The summed E-state index contributed by atoms with van der Waals surface area (Å²) < 4.78 is 10.8. The molecule has 0 aromatic heterocycles. The lowest BCUT2D eigenvalue weighted by Crippen LogP contribution is -2.02. The van der Waals surface area contributed by atoms with Gasteiger partial charge in [-0.3, -0.25) is 0 Å². The summed E-state index contributed by atoms with van der Waals surface area (Å²) in [5.74, 6) is 1.35. The lowest BCUT2D eigenvalue weighted by molar-refractivity contribution is 0.352. The molecule has 0 saturated carbocycles. The first-order valence-corrected chi connectivity index (χ1v) is 6.70. The maximum Gasteiger partial charge on any atom is 0.165 e. The first-order valence-electron chi connectivity index (χ1n) is 6.32. The number of methoxy groups -OCH3 is 2. The van der Waals surface area contributed by atoms with Crippen LogP contribution in [0.2, 0.25) is 5.02 Å². The van der Waals surface area contributed by atoms with Gasteiger partial charge in [-0.1, -0.05) is 17.7 Å². The van der Waals surface area contributed by atoms with E-state index in [1.807, 2.05) is 37.3 Å². The quantitative estimate of drug-likeness (QED) is 0.932. The van der Waals surface area contributed by atoms with Crippen molar-refractivity contribution in [3.05, 3.63) is 46.5 Å². The standard InChI is InChI=1S/C16H18ClNO2/c1-10-4-5-13(17)8-14(10)11-6-12(9-18)16(20-3)15(7-11)19-2/h4-8H,9,18H2,1-3H3. The monoisotopic (exact) mass is 291 g/mol. The minimum absolute atomic E-state index is 0.382. The van der Waals surface area contributed by atoms with E-state index in [0.717, 1.165) is 22.3 Å². The summed E-state index contributed by atoms with van der Waals surface area (Å²) in [5.41, 5.74) is 9.93. The molecule has 0 unspecified atom stereocenters. The SMILES string of the molecule is COc1cc(-c2cc(Cl)ccc2C)cc(CN)c1OC. The topological polar surface area (TPSA) is 44.5 Å². The molecule has 106 valence electrons. The van der Waals surface area contributed by atoms with E-state index >= 15 is 0 Å². The molecular weight excluding hydrogens is 274 g/mol. The predicted octanol–water partition coefficient (Wildman–Crippen LogP) is 3.79. The summed E-state index contributed by atoms with van der Waals surface area (Å²) in [6.07, 6.45) is 0. The van der Waals surface area contributed by atoms with E-state index < -0.39 is 0 Å². The second kappa shape index (κ2) is 6.16. The van der Waals surface area contributed by atoms with E-state index in [9.17, 15) is 0 Å². The fourth-order valence-electron chi connectivity index (χ4n) is 2.26. The van der Waals surface area contributed by atoms with Crippen molar-refractivity contribution in [2.24, 2.45) is 5.73 Å². The Labute approximate surface area is 124 Å². The van der Waals surface area contributed by atoms with Crippen LogP contribution in [0.1, 0.15) is 11.1 Å². The van der Waals surface area contributed by atoms with Gasteiger partial charge in [-0.05, 0) is 47.9 Å². The highest BCUT2D eigenvalue weighted by molar-refractivity contribution is 6.30. The predicted molar refractivity (Wildman–Crippen MR) is 82.6 cm³/mol. The fourth-order valence-corrected chi connectivity index (χ4v) is 2.43. The molecule has 0 aliphatic rings. The van der Waals surface area contributed by atoms with Gasteiger partial charge in [-0.15, -0.1) is 0 Å². The normalized spacial score (nSPS) is 10.4. The zero-order valence-electron chi connectivity index (χ0n) is 11.9. The summed E-state index contributed by atoms with van der Waals surface area (Å²) in [5, 5.41) is 0.703. The van der Waals surface area contributed by atoms with Crippen LogP contribution in [-0.2, 0) is 6.54 Å². The van der Waals surface area contributed by atoms with Crippen molar-refractivity contribution in [3.8, 4) is 22.6 Å². The Morgan fingerprint density at radius 3 is 2.45 bits per heavy atom. The average molecular weight is 292 g/mol. The largest absolute Gasteiger partial charge is 0.493 e. The molecule has 0 atom stereocenters. The number of hydrogen-bond donors (Lipinski definition) is 1. The van der Waals surface area contributed by atoms with Crippen LogP contribution >= 0.6 is 11.6 Å². The molecule has 0 aliphatic heterocycles. The molecule has 20 heavy (non-hydrogen) atoms. The molecule has 4 heteroatoms. The van der Waals surface area contributed by atoms with Gasteiger partial charge in [0.25, 0.3) is 0 Å². The molecular formula is C16H18ClNO2. The smallest absolute Gasteiger partial charge is 0.165 e. The summed E-state index contributed by atoms with van der Waals surface area (Å²) >= 11 is 6.09. The van der Waals surface area contributed by atoms with Crippen LogP contribution in [0.4, 0.5) is 0 Å². The third-order valence-corrected chi connectivity index (χ3v) is 3.52. The molecule has 0 radical (unpaired) electrons. The highest BCUT2D eigenvalue weighted by Crippen LogP contribution is 2.37. The third-order valence-electron chi connectivity index (χ3n) is 3.29. The van der Waals surface area contributed by atoms with Crippen LogP contribution < -0.4 is 15.2 Å². The zero-order valence-corrected chi connectivity index (χ0v) is 12.6. The third kappa shape index (κ3) is 2.74. The minimum Gasteiger partial charge on any atom is -0.493 e. The van der Waals surface area contributed by atoms with Gasteiger partial charge in [0, 0.05) is 17.1 Å². The Hall–Kier alpha value is -1.71. The van der Waals surface area contributed by atoms with Crippen LogP contribution in [0.25, 0.3) is 11.1 Å². The van der Waals surface area contributed by atoms with Gasteiger partial charge >= 0.3 is 0 Å². The Morgan fingerprint density at radius 2 is 1.85 bits per heavy atom. The highest BCUT2D eigenvalue weighted by atomic mass is 35.5. The molecule has 0 heterocycles. The lowest BCUT2D eigenvalue weighted by atomic mass is 9.98. The molecule has 0 bridgehead atoms. The van der Waals surface area contributed by atoms with Crippen molar-refractivity contribution in [2.45, 2.75) is 13.5 Å². The number of nitrogens with two attached hydrogens (primary N) is 1. The van der Waals surface area contributed by atoms with Crippen molar-refractivity contribution in [1.29, 1.82) is 0 Å². The maximum atomic E-state index is 6.09. The Kier molecular flexibility index (Phi) is 4.53. The molecule has 2 aromatic rings. The van der Waals surface area contributed by atoms with Gasteiger partial charge in [0.15, 0.2) is 11.5 Å². The van der Waals surface area contributed by atoms with E-state index in [2.05, 4.69) is 0 Å². The van der Waals surface area contributed by atoms with Crippen molar-refractivity contribution < 1.29 is 9.47 Å². The van der Waals surface area contributed by atoms with Gasteiger partial charge in [0.2, 0.25) is 0 Å². The molecule has 0 spiro atoms. The van der Waals surface area contributed by atoms with Crippen LogP contribution in [0.3, 0.4) is 0 Å². The van der Waals surface area contributed by atoms with E-state index in [-0.39, 0.29) is 0 Å². The Bertz CT molecular complexity index is 601. The molecule has 2 N–H and O–H groups in total. The zero-order chi connectivity index (χ0) is 14.7. The summed E-state index contributed by atoms with van der Waals surface area (Å²) in [6, 6.07) is 9.77. The number of rotatable bonds is 4. The lowest BCUT2D eigenvalue weighted by Gasteiger charge is -2.15. The van der Waals surface area contributed by atoms with Gasteiger partial charge in [0.1, 0.15) is 0 Å². The molecule has 2 rings (SSSR count). The number of hydrogen-bond acceptors (Lipinski definition) is 3. The summed E-state index contributed by atoms with van der Waals surface area (Å²) in [6.45, 7) is 2.43. The molecule has 0 saturated heterocycles. The molecule has 0 aliphatic carbocycles. The van der Waals surface area contributed by atoms with Crippen molar-refractivity contribution in [2.75, 3.05) is 14.2 Å². The first kappa shape index (κ1) is 14.7. The molecule has 0 amide bonds. The van der Waals surface area contributed by atoms with Crippen molar-refractivity contribution in [3.63, 3.8) is 0 Å². The molecule has 0 fully saturated rings. The summed E-state index contributed by atoms with van der Waals surface area (Å²) in [7, 11) is 3.23. The van der Waals surface area contributed by atoms with Gasteiger partial charge in [-0.2, -0.15) is 0 Å². The van der Waals surface area contributed by atoms with E-state index in [1.54, 1.807) is 14.2 Å². The highest BCUT2D eigenvalue weighted by Gasteiger charge is 2.13. The molecule has 3 nitrogen and oxygen atoms in total. The number of aryl methyl sites for hydroxylation is 1. The van der Waals surface area contributed by atoms with E-state index in [4.69, 9.17) is 26.8 Å². The first-order chi connectivity index (χ1) is 9.60. The average Bonchev–Trinajstić information content (AvgIpc) is 2.48. The van der Waals surface area contributed by atoms with Gasteiger partial charge in [-0.25, -0.2) is 0 Å². The van der Waals surface area contributed by atoms with Gasteiger partial charge in [0.05, 0.1) is 14.2 Å². The Balaban J connectivity index is 2.65. The molecule has 2 aromatic carbocycles. The second-order valence-corrected chi connectivity index (χ2v) is 4.97. The van der Waals surface area contributed by atoms with Crippen LogP contribution in [0.5, 0.6) is 11.5 Å². The van der Waals surface area contributed by atoms with E-state index in [1.165, 1.54) is 0 Å². The van der Waals surface area contributed by atoms with Gasteiger partial charge < -0.3 is 15.2 Å². The van der Waals surface area contributed by atoms with Crippen LogP contribution in [0.15, 0.2) is 30.3 Å². The van der Waals surface area contributed by atoms with Crippen molar-refractivity contribution in [1.82, 2.24) is 0 Å². The fraction of sp³-hybridized carbons (Fsp3) is 0.250. The summed E-state index contributed by atoms with van der Waals surface area (Å²) in [4.78, 5) is 0. The second-order valence-electron chi connectivity index (χ2n) is 4.53. The van der Waals surface area contributed by atoms with E-state index in [0.29, 0.717) is 23.1 Å². The Morgan fingerprint density at radius 1 is 1.10 bits per heavy atom.